The fourth-order valence-corrected chi connectivity index (χ4v) is 2.27. The van der Waals surface area contributed by atoms with E-state index in [-0.39, 0.29) is 20.7 Å². The van der Waals surface area contributed by atoms with Crippen LogP contribution in [0.3, 0.4) is 0 Å². The fraction of sp³-hybridized carbons (Fsp3) is 0. The highest BCUT2D eigenvalue weighted by Gasteiger charge is 1.97. The maximum Gasteiger partial charge on any atom is 0.0920 e. The molecule has 44 valence electrons. The molecule has 0 unspecified atom stereocenters. The minimum atomic E-state index is -0.0870. The molecule has 0 atom stereocenters. The van der Waals surface area contributed by atoms with Crippen molar-refractivity contribution in [1.29, 1.82) is 0 Å². The number of hydrogen-bond acceptors (Lipinski definition) is 0. The van der Waals surface area contributed by atoms with Gasteiger partial charge in [0.1, 0.15) is 0 Å². The van der Waals surface area contributed by atoms with Crippen molar-refractivity contribution in [3.05, 3.63) is 21.3 Å². The zero-order valence-electron chi connectivity index (χ0n) is 3.87. The maximum atomic E-state index is 5.68. The molecule has 0 aromatic rings. The van der Waals surface area contributed by atoms with E-state index in [0.29, 0.717) is 5.03 Å². The number of rotatable bonds is 0. The first-order valence-electron chi connectivity index (χ1n) is 1.99. The summed E-state index contributed by atoms with van der Waals surface area (Å²) in [7, 11) is 0. The molecule has 0 radical (unpaired) electrons. The van der Waals surface area contributed by atoms with Gasteiger partial charge in [0.2, 0.25) is 0 Å². The Bertz CT molecular complexity index is 159. The van der Waals surface area contributed by atoms with Gasteiger partial charge in [-0.05, 0) is 10.2 Å². The van der Waals surface area contributed by atoms with Gasteiger partial charge in [-0.2, -0.15) is 0 Å². The van der Waals surface area contributed by atoms with Gasteiger partial charge in [-0.25, -0.2) is 0 Å². The Morgan fingerprint density at radius 3 is 2.50 bits per heavy atom. The summed E-state index contributed by atoms with van der Waals surface area (Å²) in [6.07, 6.45) is 3.76. The Hall–Kier alpha value is 0.660. The van der Waals surface area contributed by atoms with E-state index in [9.17, 15) is 0 Å². The second-order valence-corrected chi connectivity index (χ2v) is 5.05. The summed E-state index contributed by atoms with van der Waals surface area (Å²) in [6, 6.07) is 0. The molecular weight excluding hydrogens is 258 g/mol. The summed E-state index contributed by atoms with van der Waals surface area (Å²) < 4.78 is 2.92. The molecule has 1 rings (SSSR count). The fourth-order valence-electron chi connectivity index (χ4n) is 0.328. The molecule has 0 saturated heterocycles. The summed E-state index contributed by atoms with van der Waals surface area (Å²) in [5.41, 5.74) is 0. The average molecular weight is 261 g/mol. The molecule has 0 nitrogen and oxygen atoms in total. The third-order valence-electron chi connectivity index (χ3n) is 0.655. The van der Waals surface area contributed by atoms with E-state index in [1.165, 1.54) is 0 Å². The quantitative estimate of drug-likeness (QED) is 0.588. The number of halogens is 3. The summed E-state index contributed by atoms with van der Waals surface area (Å²) in [6.45, 7) is 0. The summed E-state index contributed by atoms with van der Waals surface area (Å²) >= 11 is 11.2. The molecule has 1 aliphatic rings. The summed E-state index contributed by atoms with van der Waals surface area (Å²) in [5, 5.41) is 0.710. The molecule has 0 aliphatic carbocycles. The van der Waals surface area contributed by atoms with Gasteiger partial charge in [0.15, 0.2) is 0 Å². The van der Waals surface area contributed by atoms with Crippen molar-refractivity contribution in [2.75, 3.05) is 0 Å². The third kappa shape index (κ3) is 1.57. The van der Waals surface area contributed by atoms with Crippen LogP contribution in [0.4, 0.5) is 0 Å². The second-order valence-electron chi connectivity index (χ2n) is 1.20. The van der Waals surface area contributed by atoms with Gasteiger partial charge in [0.25, 0.3) is 0 Å². The van der Waals surface area contributed by atoms with Crippen molar-refractivity contribution in [3.63, 3.8) is 0 Å². The lowest BCUT2D eigenvalue weighted by atomic mass is 10.5. The molecule has 0 bridgehead atoms. The van der Waals surface area contributed by atoms with Gasteiger partial charge in [0, 0.05) is 0 Å². The number of hydrogen-bond donors (Lipinski definition) is 0. The van der Waals surface area contributed by atoms with Crippen molar-refractivity contribution in [3.8, 4) is 0 Å². The molecule has 0 N–H and O–H groups in total. The SMILES string of the molecule is ClC1=CC=CI=C1Cl. The first-order valence-corrected chi connectivity index (χ1v) is 5.07. The molecule has 0 spiro atoms. The molecule has 1 heterocycles. The summed E-state index contributed by atoms with van der Waals surface area (Å²) in [5.74, 6) is 0. The van der Waals surface area contributed by atoms with Crippen LogP contribution in [0, 0.1) is 0 Å². The maximum absolute atomic E-state index is 5.68. The van der Waals surface area contributed by atoms with E-state index < -0.39 is 0 Å². The summed E-state index contributed by atoms with van der Waals surface area (Å²) in [4.78, 5) is 0. The van der Waals surface area contributed by atoms with Gasteiger partial charge in [-0.15, -0.1) is 0 Å². The molecule has 1 aliphatic heterocycles. The monoisotopic (exact) mass is 260 g/mol. The van der Waals surface area contributed by atoms with Crippen molar-refractivity contribution in [1.82, 2.24) is 0 Å². The lowest BCUT2D eigenvalue weighted by molar-refractivity contribution is 2.03. The predicted molar refractivity (Wildman–Crippen MR) is 48.0 cm³/mol. The average Bonchev–Trinajstić information content (AvgIpc) is 1.77. The van der Waals surface area contributed by atoms with Crippen molar-refractivity contribution < 1.29 is 0 Å². The van der Waals surface area contributed by atoms with Crippen LogP contribution < -0.4 is 0 Å². The Kier molecular flexibility index (Phi) is 2.53. The van der Waals surface area contributed by atoms with Crippen molar-refractivity contribution in [2.45, 2.75) is 0 Å². The zero-order valence-corrected chi connectivity index (χ0v) is 7.54. The predicted octanol–water partition coefficient (Wildman–Crippen LogP) is 2.98. The Morgan fingerprint density at radius 1 is 1.38 bits per heavy atom. The van der Waals surface area contributed by atoms with Crippen LogP contribution >= 0.6 is 43.9 Å². The van der Waals surface area contributed by atoms with E-state index in [1.807, 2.05) is 12.2 Å². The van der Waals surface area contributed by atoms with Crippen LogP contribution in [0.1, 0.15) is 0 Å². The van der Waals surface area contributed by atoms with Crippen LogP contribution in [-0.4, -0.2) is 2.97 Å². The number of allylic oxidation sites excluding steroid dienone is 3. The molecule has 0 amide bonds. The highest BCUT2D eigenvalue weighted by molar-refractivity contribution is 14.2. The smallest absolute Gasteiger partial charge is 0.0822 e. The molecule has 0 fully saturated rings. The minimum Gasteiger partial charge on any atom is -0.0822 e. The van der Waals surface area contributed by atoms with E-state index in [4.69, 9.17) is 23.2 Å². The highest BCUT2D eigenvalue weighted by atomic mass is 127. The largest absolute Gasteiger partial charge is 0.0920 e. The molecule has 3 heteroatoms. The normalized spacial score (nSPS) is 18.8. The van der Waals surface area contributed by atoms with E-state index in [0.717, 1.165) is 2.97 Å². The molecular formula is C5H3Cl2I. The van der Waals surface area contributed by atoms with Crippen LogP contribution in [-0.2, 0) is 0 Å². The van der Waals surface area contributed by atoms with E-state index in [1.54, 1.807) is 0 Å². The lowest BCUT2D eigenvalue weighted by Crippen LogP contribution is -1.81. The van der Waals surface area contributed by atoms with Crippen LogP contribution in [0.15, 0.2) is 21.3 Å². The van der Waals surface area contributed by atoms with Crippen LogP contribution in [0.2, 0.25) is 0 Å². The van der Waals surface area contributed by atoms with Gasteiger partial charge < -0.3 is 0 Å². The molecule has 8 heavy (non-hydrogen) atoms. The van der Waals surface area contributed by atoms with Crippen molar-refractivity contribution >= 4 is 46.9 Å². The van der Waals surface area contributed by atoms with Gasteiger partial charge in [0.05, 0.1) is 8.00 Å². The van der Waals surface area contributed by atoms with Crippen LogP contribution in [0.25, 0.3) is 0 Å². The Labute approximate surface area is 67.9 Å². The van der Waals surface area contributed by atoms with Crippen molar-refractivity contribution in [2.24, 2.45) is 0 Å². The minimum absolute atomic E-state index is 0.0870. The molecule has 0 aromatic heterocycles. The molecule has 0 aromatic carbocycles. The van der Waals surface area contributed by atoms with E-state index >= 15 is 0 Å². The highest BCUT2D eigenvalue weighted by Crippen LogP contribution is 2.21. The van der Waals surface area contributed by atoms with Gasteiger partial charge in [-0.1, -0.05) is 50.0 Å². The van der Waals surface area contributed by atoms with Gasteiger partial charge in [-0.3, -0.25) is 0 Å². The molecule has 0 saturated carbocycles. The Balaban J connectivity index is 2.93. The first-order chi connectivity index (χ1) is 3.80. The van der Waals surface area contributed by atoms with E-state index in [2.05, 4.69) is 4.08 Å². The Morgan fingerprint density at radius 2 is 2.12 bits per heavy atom. The second kappa shape index (κ2) is 2.99. The standard InChI is InChI=1S/C5H3Cl2I/c6-4-2-1-3-8-5(4)7/h1-3H. The lowest BCUT2D eigenvalue weighted by Gasteiger charge is -1.94. The zero-order chi connectivity index (χ0) is 5.98. The topological polar surface area (TPSA) is 0 Å². The third-order valence-corrected chi connectivity index (χ3v) is 4.04. The van der Waals surface area contributed by atoms with Crippen LogP contribution in [0.5, 0.6) is 0 Å². The van der Waals surface area contributed by atoms with Gasteiger partial charge >= 0.3 is 0 Å². The first kappa shape index (κ1) is 6.78.